The molecule has 50 heavy (non-hydrogen) atoms. The largest absolute Gasteiger partial charge is 0.309 e. The van der Waals surface area contributed by atoms with Crippen LogP contribution in [0, 0.1) is 0 Å². The molecule has 0 fully saturated rings. The number of hydrogen-bond acceptors (Lipinski definition) is 1. The Morgan fingerprint density at radius 2 is 0.840 bits per heavy atom. The van der Waals surface area contributed by atoms with E-state index in [1.54, 1.807) is 0 Å². The molecule has 0 saturated heterocycles. The summed E-state index contributed by atoms with van der Waals surface area (Å²) >= 11 is 0. The number of fused-ring (bicyclic) bond motifs is 3. The number of nitrogens with zero attached hydrogens (tertiary/aromatic N) is 2. The van der Waals surface area contributed by atoms with Crippen LogP contribution >= 0.6 is 0 Å². The molecule has 1 heterocycles. The molecule has 0 saturated carbocycles. The van der Waals surface area contributed by atoms with E-state index in [9.17, 15) is 0 Å². The van der Waals surface area contributed by atoms with Crippen LogP contribution in [0.2, 0.25) is 0 Å². The standard InChI is InChI=1S/C48H34N2/c1-4-18-35(19-5-1)40-26-10-11-27-41(40)37-22-16-25-39(34-37)50(44-30-14-12-28-42(44)36-20-6-2-7-21-36)47-33-17-32-46-48(47)43-29-13-15-31-45(43)49(46)38-23-8-3-9-24-38/h1-34H. The zero-order chi connectivity index (χ0) is 33.3. The van der Waals surface area contributed by atoms with Crippen LogP contribution in [-0.2, 0) is 0 Å². The van der Waals surface area contributed by atoms with Gasteiger partial charge in [-0.05, 0) is 76.3 Å². The van der Waals surface area contributed by atoms with Crippen molar-refractivity contribution in [3.8, 4) is 39.1 Å². The van der Waals surface area contributed by atoms with Crippen LogP contribution in [0.3, 0.4) is 0 Å². The number of rotatable bonds is 7. The molecule has 2 heteroatoms. The van der Waals surface area contributed by atoms with E-state index in [0.717, 1.165) is 22.7 Å². The van der Waals surface area contributed by atoms with Crippen LogP contribution in [0.25, 0.3) is 60.9 Å². The molecule has 0 bridgehead atoms. The maximum Gasteiger partial charge on any atom is 0.0562 e. The molecule has 1 aromatic heterocycles. The van der Waals surface area contributed by atoms with Crippen LogP contribution in [0.15, 0.2) is 206 Å². The smallest absolute Gasteiger partial charge is 0.0562 e. The average Bonchev–Trinajstić information content (AvgIpc) is 3.54. The minimum Gasteiger partial charge on any atom is -0.309 e. The number of anilines is 3. The molecule has 0 N–H and O–H groups in total. The van der Waals surface area contributed by atoms with Gasteiger partial charge in [0.05, 0.1) is 22.4 Å². The summed E-state index contributed by atoms with van der Waals surface area (Å²) in [6, 6.07) is 74.1. The average molecular weight is 639 g/mol. The maximum atomic E-state index is 2.46. The molecule has 8 aromatic carbocycles. The van der Waals surface area contributed by atoms with Crippen LogP contribution in [0.4, 0.5) is 17.1 Å². The second-order valence-corrected chi connectivity index (χ2v) is 12.5. The van der Waals surface area contributed by atoms with E-state index in [2.05, 4.69) is 216 Å². The Balaban J connectivity index is 1.33. The predicted octanol–water partition coefficient (Wildman–Crippen LogP) is 13.3. The Bertz CT molecular complexity index is 2580. The van der Waals surface area contributed by atoms with Gasteiger partial charge in [0.25, 0.3) is 0 Å². The summed E-state index contributed by atoms with van der Waals surface area (Å²) in [5.41, 5.74) is 14.0. The second kappa shape index (κ2) is 12.8. The molecule has 0 unspecified atom stereocenters. The zero-order valence-electron chi connectivity index (χ0n) is 27.5. The lowest BCUT2D eigenvalue weighted by Crippen LogP contribution is -2.12. The van der Waals surface area contributed by atoms with Gasteiger partial charge in [0.15, 0.2) is 0 Å². The van der Waals surface area contributed by atoms with Crippen LogP contribution < -0.4 is 4.90 Å². The Morgan fingerprint density at radius 3 is 1.58 bits per heavy atom. The minimum atomic E-state index is 1.10. The van der Waals surface area contributed by atoms with Crippen molar-refractivity contribution in [2.45, 2.75) is 0 Å². The van der Waals surface area contributed by atoms with E-state index in [1.807, 2.05) is 0 Å². The second-order valence-electron chi connectivity index (χ2n) is 12.5. The number of para-hydroxylation sites is 3. The summed E-state index contributed by atoms with van der Waals surface area (Å²) in [7, 11) is 0. The van der Waals surface area contributed by atoms with Gasteiger partial charge < -0.3 is 9.47 Å². The van der Waals surface area contributed by atoms with Gasteiger partial charge in [-0.15, -0.1) is 0 Å². The fraction of sp³-hybridized carbons (Fsp3) is 0. The first-order chi connectivity index (χ1) is 24.8. The van der Waals surface area contributed by atoms with E-state index in [1.165, 1.54) is 55.2 Å². The first-order valence-electron chi connectivity index (χ1n) is 17.1. The highest BCUT2D eigenvalue weighted by molar-refractivity contribution is 6.17. The lowest BCUT2D eigenvalue weighted by Gasteiger charge is -2.29. The molecule has 236 valence electrons. The molecule has 0 spiro atoms. The SMILES string of the molecule is c1ccc(-c2ccccc2-c2cccc(N(c3ccccc3-c3ccccc3)c3cccc4c3c3ccccc3n4-c3ccccc3)c2)cc1. The van der Waals surface area contributed by atoms with Crippen LogP contribution in [0.5, 0.6) is 0 Å². The highest BCUT2D eigenvalue weighted by Gasteiger charge is 2.23. The van der Waals surface area contributed by atoms with Crippen molar-refractivity contribution in [2.75, 3.05) is 4.90 Å². The molecule has 0 radical (unpaired) electrons. The van der Waals surface area contributed by atoms with Crippen molar-refractivity contribution in [3.05, 3.63) is 206 Å². The fourth-order valence-corrected chi connectivity index (χ4v) is 7.40. The molecular formula is C48H34N2. The van der Waals surface area contributed by atoms with E-state index in [-0.39, 0.29) is 0 Å². The lowest BCUT2D eigenvalue weighted by molar-refractivity contribution is 1.18. The van der Waals surface area contributed by atoms with E-state index in [0.29, 0.717) is 0 Å². The topological polar surface area (TPSA) is 8.17 Å². The van der Waals surface area contributed by atoms with Gasteiger partial charge in [-0.1, -0.05) is 158 Å². The molecule has 0 atom stereocenters. The molecular weight excluding hydrogens is 605 g/mol. The zero-order valence-corrected chi connectivity index (χ0v) is 27.5. The Kier molecular flexibility index (Phi) is 7.53. The summed E-state index contributed by atoms with van der Waals surface area (Å²) in [6.07, 6.45) is 0. The molecule has 2 nitrogen and oxygen atoms in total. The van der Waals surface area contributed by atoms with E-state index in [4.69, 9.17) is 0 Å². The molecule has 0 aliphatic heterocycles. The quantitative estimate of drug-likeness (QED) is 0.169. The number of aromatic nitrogens is 1. The third-order valence-electron chi connectivity index (χ3n) is 9.59. The molecule has 0 amide bonds. The predicted molar refractivity (Wildman–Crippen MR) is 212 cm³/mol. The number of benzene rings is 8. The van der Waals surface area contributed by atoms with Gasteiger partial charge in [0.2, 0.25) is 0 Å². The third-order valence-corrected chi connectivity index (χ3v) is 9.59. The van der Waals surface area contributed by atoms with E-state index >= 15 is 0 Å². The highest BCUT2D eigenvalue weighted by Crippen LogP contribution is 2.47. The molecule has 0 aliphatic carbocycles. The summed E-state index contributed by atoms with van der Waals surface area (Å²) in [5, 5.41) is 2.43. The monoisotopic (exact) mass is 638 g/mol. The Hall–Kier alpha value is -6.64. The van der Waals surface area contributed by atoms with Gasteiger partial charge in [-0.3, -0.25) is 0 Å². The third kappa shape index (κ3) is 5.15. The van der Waals surface area contributed by atoms with Crippen molar-refractivity contribution in [1.82, 2.24) is 4.57 Å². The Labute approximate surface area is 292 Å². The summed E-state index contributed by atoms with van der Waals surface area (Å²) < 4.78 is 2.39. The van der Waals surface area contributed by atoms with Gasteiger partial charge >= 0.3 is 0 Å². The van der Waals surface area contributed by atoms with E-state index < -0.39 is 0 Å². The molecule has 9 rings (SSSR count). The van der Waals surface area contributed by atoms with Crippen LogP contribution in [-0.4, -0.2) is 4.57 Å². The van der Waals surface area contributed by atoms with Gasteiger partial charge in [0, 0.05) is 27.7 Å². The minimum absolute atomic E-state index is 1.10. The maximum absolute atomic E-state index is 2.46. The van der Waals surface area contributed by atoms with Crippen molar-refractivity contribution < 1.29 is 0 Å². The van der Waals surface area contributed by atoms with Gasteiger partial charge in [-0.2, -0.15) is 0 Å². The molecule has 0 aliphatic rings. The summed E-state index contributed by atoms with van der Waals surface area (Å²) in [4.78, 5) is 2.46. The Morgan fingerprint density at radius 1 is 0.340 bits per heavy atom. The van der Waals surface area contributed by atoms with Crippen molar-refractivity contribution >= 4 is 38.9 Å². The van der Waals surface area contributed by atoms with Crippen molar-refractivity contribution in [2.24, 2.45) is 0 Å². The van der Waals surface area contributed by atoms with Crippen LogP contribution in [0.1, 0.15) is 0 Å². The molecule has 9 aromatic rings. The first kappa shape index (κ1) is 29.5. The number of hydrogen-bond donors (Lipinski definition) is 0. The van der Waals surface area contributed by atoms with Crippen molar-refractivity contribution in [3.63, 3.8) is 0 Å². The normalized spacial score (nSPS) is 11.2. The van der Waals surface area contributed by atoms with Crippen molar-refractivity contribution in [1.29, 1.82) is 0 Å². The summed E-state index contributed by atoms with van der Waals surface area (Å²) in [5.74, 6) is 0. The van der Waals surface area contributed by atoms with Gasteiger partial charge in [-0.25, -0.2) is 0 Å². The lowest BCUT2D eigenvalue weighted by atomic mass is 9.94. The summed E-state index contributed by atoms with van der Waals surface area (Å²) in [6.45, 7) is 0. The fourth-order valence-electron chi connectivity index (χ4n) is 7.40. The first-order valence-corrected chi connectivity index (χ1v) is 17.1. The highest BCUT2D eigenvalue weighted by atomic mass is 15.2. The van der Waals surface area contributed by atoms with Gasteiger partial charge in [0.1, 0.15) is 0 Å².